The van der Waals surface area contributed by atoms with Gasteiger partial charge in [-0.3, -0.25) is 0 Å². The molecule has 4 unspecified atom stereocenters. The summed E-state index contributed by atoms with van der Waals surface area (Å²) in [7, 11) is 0. The zero-order chi connectivity index (χ0) is 10.4. The van der Waals surface area contributed by atoms with Gasteiger partial charge in [0.25, 0.3) is 0 Å². The van der Waals surface area contributed by atoms with Crippen molar-refractivity contribution in [3.63, 3.8) is 0 Å². The summed E-state index contributed by atoms with van der Waals surface area (Å²) >= 11 is 0. The van der Waals surface area contributed by atoms with Crippen molar-refractivity contribution < 1.29 is 9.63 Å². The summed E-state index contributed by atoms with van der Waals surface area (Å²) in [6.45, 7) is 2.20. The summed E-state index contributed by atoms with van der Waals surface area (Å²) in [5, 5.41) is 13.7. The molecule has 4 nitrogen and oxygen atoms in total. The third-order valence-corrected chi connectivity index (χ3v) is 3.70. The van der Waals surface area contributed by atoms with Crippen molar-refractivity contribution in [1.29, 1.82) is 0 Å². The van der Waals surface area contributed by atoms with Gasteiger partial charge in [-0.05, 0) is 31.6 Å². The van der Waals surface area contributed by atoms with Crippen molar-refractivity contribution in [2.24, 2.45) is 5.92 Å². The van der Waals surface area contributed by atoms with Gasteiger partial charge in [0.15, 0.2) is 5.82 Å². The van der Waals surface area contributed by atoms with Crippen LogP contribution in [0.3, 0.4) is 0 Å². The maximum absolute atomic E-state index is 9.73. The van der Waals surface area contributed by atoms with Gasteiger partial charge >= 0.3 is 0 Å². The van der Waals surface area contributed by atoms with Gasteiger partial charge in [-0.15, -0.1) is 0 Å². The van der Waals surface area contributed by atoms with Gasteiger partial charge in [0, 0.05) is 5.92 Å². The van der Waals surface area contributed by atoms with Gasteiger partial charge in [-0.1, -0.05) is 12.1 Å². The fourth-order valence-corrected chi connectivity index (χ4v) is 2.46. The third kappa shape index (κ3) is 1.57. The Bertz CT molecular complexity index is 363. The highest BCUT2D eigenvalue weighted by Gasteiger charge is 2.39. The van der Waals surface area contributed by atoms with Gasteiger partial charge in [-0.25, -0.2) is 0 Å². The van der Waals surface area contributed by atoms with Gasteiger partial charge < -0.3 is 9.63 Å². The molecule has 1 aromatic heterocycles. The number of aliphatic hydroxyl groups excluding tert-OH is 1. The summed E-state index contributed by atoms with van der Waals surface area (Å²) in [6.07, 6.45) is 3.79. The second-order valence-corrected chi connectivity index (χ2v) is 4.92. The minimum absolute atomic E-state index is 0.0836. The molecule has 2 aliphatic carbocycles. The average molecular weight is 208 g/mol. The molecule has 3 rings (SSSR count). The molecule has 82 valence electrons. The Morgan fingerprint density at radius 2 is 2.13 bits per heavy atom. The van der Waals surface area contributed by atoms with E-state index in [1.54, 1.807) is 0 Å². The number of hydrogen-bond acceptors (Lipinski definition) is 4. The minimum Gasteiger partial charge on any atom is -0.392 e. The molecule has 2 fully saturated rings. The van der Waals surface area contributed by atoms with Crippen LogP contribution in [-0.2, 0) is 0 Å². The van der Waals surface area contributed by atoms with Crippen LogP contribution in [0.1, 0.15) is 56.2 Å². The number of nitrogens with zero attached hydrogens (tertiary/aromatic N) is 2. The van der Waals surface area contributed by atoms with Crippen LogP contribution in [0.25, 0.3) is 0 Å². The highest BCUT2D eigenvalue weighted by Crippen LogP contribution is 2.46. The summed E-state index contributed by atoms with van der Waals surface area (Å²) in [5.74, 6) is 2.77. The van der Waals surface area contributed by atoms with E-state index in [0.29, 0.717) is 17.7 Å². The molecule has 0 radical (unpaired) electrons. The lowest BCUT2D eigenvalue weighted by Gasteiger charge is -2.07. The van der Waals surface area contributed by atoms with Gasteiger partial charge in [-0.2, -0.15) is 4.98 Å². The molecule has 0 aliphatic heterocycles. The van der Waals surface area contributed by atoms with E-state index in [4.69, 9.17) is 4.52 Å². The van der Waals surface area contributed by atoms with Gasteiger partial charge in [0.05, 0.1) is 12.0 Å². The Hall–Kier alpha value is -0.900. The first kappa shape index (κ1) is 9.33. The topological polar surface area (TPSA) is 59.2 Å². The maximum atomic E-state index is 9.73. The van der Waals surface area contributed by atoms with Crippen LogP contribution in [0, 0.1) is 5.92 Å². The molecule has 1 heterocycles. The molecule has 0 saturated heterocycles. The average Bonchev–Trinajstić information content (AvgIpc) is 2.69. The Balaban J connectivity index is 1.78. The molecule has 2 aliphatic rings. The second kappa shape index (κ2) is 3.30. The Kier molecular flexibility index (Phi) is 2.06. The van der Waals surface area contributed by atoms with Crippen LogP contribution in [-0.4, -0.2) is 21.4 Å². The van der Waals surface area contributed by atoms with Gasteiger partial charge in [0.2, 0.25) is 5.89 Å². The van der Waals surface area contributed by atoms with Crippen molar-refractivity contribution in [1.82, 2.24) is 10.1 Å². The Morgan fingerprint density at radius 1 is 1.33 bits per heavy atom. The van der Waals surface area contributed by atoms with Crippen molar-refractivity contribution in [2.75, 3.05) is 0 Å². The van der Waals surface area contributed by atoms with E-state index in [-0.39, 0.29) is 12.0 Å². The monoisotopic (exact) mass is 208 g/mol. The lowest BCUT2D eigenvalue weighted by molar-refractivity contribution is 0.148. The second-order valence-electron chi connectivity index (χ2n) is 4.92. The zero-order valence-electron chi connectivity index (χ0n) is 8.89. The smallest absolute Gasteiger partial charge is 0.232 e. The Morgan fingerprint density at radius 3 is 2.73 bits per heavy atom. The van der Waals surface area contributed by atoms with Crippen LogP contribution < -0.4 is 0 Å². The van der Waals surface area contributed by atoms with Crippen molar-refractivity contribution >= 4 is 0 Å². The quantitative estimate of drug-likeness (QED) is 0.805. The van der Waals surface area contributed by atoms with E-state index in [0.717, 1.165) is 25.1 Å². The fourth-order valence-electron chi connectivity index (χ4n) is 2.46. The summed E-state index contributed by atoms with van der Waals surface area (Å²) in [6, 6.07) is 0. The summed E-state index contributed by atoms with van der Waals surface area (Å²) < 4.78 is 5.25. The lowest BCUT2D eigenvalue weighted by Crippen LogP contribution is -2.11. The van der Waals surface area contributed by atoms with Crippen LogP contribution in [0.5, 0.6) is 0 Å². The first-order chi connectivity index (χ1) is 7.25. The molecule has 1 N–H and O–H groups in total. The molecule has 0 spiro atoms. The van der Waals surface area contributed by atoms with Crippen LogP contribution in [0.4, 0.5) is 0 Å². The SMILES string of the molecule is CC1CC1c1noc(C2CCCC2O)n1. The van der Waals surface area contributed by atoms with Gasteiger partial charge in [0.1, 0.15) is 0 Å². The molecule has 0 bridgehead atoms. The number of aromatic nitrogens is 2. The normalized spacial score (nSPS) is 39.6. The lowest BCUT2D eigenvalue weighted by atomic mass is 10.1. The highest BCUT2D eigenvalue weighted by molar-refractivity contribution is 5.10. The number of rotatable bonds is 2. The van der Waals surface area contributed by atoms with Crippen molar-refractivity contribution in [3.8, 4) is 0 Å². The van der Waals surface area contributed by atoms with Crippen molar-refractivity contribution in [3.05, 3.63) is 11.7 Å². The molecule has 2 saturated carbocycles. The summed E-state index contributed by atoms with van der Waals surface area (Å²) in [4.78, 5) is 4.42. The van der Waals surface area contributed by atoms with E-state index in [9.17, 15) is 5.11 Å². The van der Waals surface area contributed by atoms with Crippen molar-refractivity contribution in [2.45, 2.75) is 50.5 Å². The molecule has 4 atom stereocenters. The molecule has 1 aromatic rings. The van der Waals surface area contributed by atoms with Crippen LogP contribution in [0.2, 0.25) is 0 Å². The first-order valence-electron chi connectivity index (χ1n) is 5.77. The van der Waals surface area contributed by atoms with E-state index in [2.05, 4.69) is 17.1 Å². The standard InChI is InChI=1S/C11H16N2O2/c1-6-5-8(6)10-12-11(15-13-10)7-3-2-4-9(7)14/h6-9,14H,2-5H2,1H3. The van der Waals surface area contributed by atoms with E-state index >= 15 is 0 Å². The summed E-state index contributed by atoms with van der Waals surface area (Å²) in [5.41, 5.74) is 0. The largest absolute Gasteiger partial charge is 0.392 e. The fraction of sp³-hybridized carbons (Fsp3) is 0.818. The van der Waals surface area contributed by atoms with E-state index in [1.807, 2.05) is 0 Å². The third-order valence-electron chi connectivity index (χ3n) is 3.70. The van der Waals surface area contributed by atoms with Crippen LogP contribution in [0.15, 0.2) is 4.52 Å². The maximum Gasteiger partial charge on any atom is 0.232 e. The highest BCUT2D eigenvalue weighted by atomic mass is 16.5. The van der Waals surface area contributed by atoms with E-state index in [1.165, 1.54) is 6.42 Å². The number of hydrogen-bond donors (Lipinski definition) is 1. The first-order valence-corrected chi connectivity index (χ1v) is 5.77. The predicted octanol–water partition coefficient (Wildman–Crippen LogP) is 1.82. The molecule has 4 heteroatoms. The van der Waals surface area contributed by atoms with Crippen LogP contribution >= 0.6 is 0 Å². The molecule has 0 amide bonds. The predicted molar refractivity (Wildman–Crippen MR) is 53.4 cm³/mol. The molecule has 0 aromatic carbocycles. The number of aliphatic hydroxyl groups is 1. The Labute approximate surface area is 88.7 Å². The molecular formula is C11H16N2O2. The molecule has 15 heavy (non-hydrogen) atoms. The molecular weight excluding hydrogens is 192 g/mol. The zero-order valence-corrected chi connectivity index (χ0v) is 8.89. The minimum atomic E-state index is -0.282. The van der Waals surface area contributed by atoms with E-state index < -0.39 is 0 Å².